The molecule has 128 valence electrons. The van der Waals surface area contributed by atoms with Gasteiger partial charge < -0.3 is 9.64 Å². The molecule has 0 bridgehead atoms. The largest absolute Gasteiger partial charge is 0.466 e. The molecule has 0 spiro atoms. The number of aromatic nitrogens is 2. The number of rotatable bonds is 9. The highest BCUT2D eigenvalue weighted by molar-refractivity contribution is 5.79. The van der Waals surface area contributed by atoms with Crippen molar-refractivity contribution in [2.24, 2.45) is 5.92 Å². The molecule has 0 atom stereocenters. The van der Waals surface area contributed by atoms with Gasteiger partial charge in [0.1, 0.15) is 0 Å². The van der Waals surface area contributed by atoms with Crippen LogP contribution in [0.3, 0.4) is 0 Å². The Kier molecular flexibility index (Phi) is 6.19. The van der Waals surface area contributed by atoms with Gasteiger partial charge >= 0.3 is 5.97 Å². The van der Waals surface area contributed by atoms with E-state index in [1.807, 2.05) is 16.9 Å². The van der Waals surface area contributed by atoms with Crippen molar-refractivity contribution in [1.82, 2.24) is 14.7 Å². The molecule has 1 aliphatic rings. The number of amides is 1. The molecule has 0 aromatic carbocycles. The van der Waals surface area contributed by atoms with Crippen molar-refractivity contribution in [2.75, 3.05) is 19.7 Å². The summed E-state index contributed by atoms with van der Waals surface area (Å²) in [5.41, 5.74) is 0.778. The highest BCUT2D eigenvalue weighted by Crippen LogP contribution is 2.30. The lowest BCUT2D eigenvalue weighted by Crippen LogP contribution is -2.36. The van der Waals surface area contributed by atoms with E-state index < -0.39 is 0 Å². The SMILES string of the molecule is CCOC(=O)CCN(CC1CC1)C(=O)Cc1ccn(C(C)C)n1. The summed E-state index contributed by atoms with van der Waals surface area (Å²) < 4.78 is 6.80. The Labute approximate surface area is 137 Å². The average molecular weight is 321 g/mol. The van der Waals surface area contributed by atoms with Gasteiger partial charge in [-0.2, -0.15) is 5.10 Å². The fourth-order valence-electron chi connectivity index (χ4n) is 2.42. The van der Waals surface area contributed by atoms with Gasteiger partial charge in [0.25, 0.3) is 0 Å². The fraction of sp³-hybridized carbons (Fsp3) is 0.706. The Bertz CT molecular complexity index is 535. The zero-order chi connectivity index (χ0) is 16.8. The van der Waals surface area contributed by atoms with Gasteiger partial charge in [0.15, 0.2) is 0 Å². The number of hydrogen-bond acceptors (Lipinski definition) is 4. The molecule has 1 amide bonds. The standard InChI is InChI=1S/C17H27N3O3/c1-4-23-17(22)8-9-19(12-14-5-6-14)16(21)11-15-7-10-20(18-15)13(2)3/h7,10,13-14H,4-6,8-9,11-12H2,1-3H3. The van der Waals surface area contributed by atoms with Gasteiger partial charge in [-0.3, -0.25) is 14.3 Å². The van der Waals surface area contributed by atoms with E-state index in [2.05, 4.69) is 18.9 Å². The van der Waals surface area contributed by atoms with Crippen molar-refractivity contribution < 1.29 is 14.3 Å². The van der Waals surface area contributed by atoms with Crippen molar-refractivity contribution in [1.29, 1.82) is 0 Å². The fourth-order valence-corrected chi connectivity index (χ4v) is 2.42. The van der Waals surface area contributed by atoms with Crippen LogP contribution in [-0.2, 0) is 20.7 Å². The van der Waals surface area contributed by atoms with Crippen LogP contribution in [0.5, 0.6) is 0 Å². The molecular weight excluding hydrogens is 294 g/mol. The first-order chi connectivity index (χ1) is 11.0. The van der Waals surface area contributed by atoms with Crippen LogP contribution >= 0.6 is 0 Å². The van der Waals surface area contributed by atoms with Crippen LogP contribution in [0.25, 0.3) is 0 Å². The van der Waals surface area contributed by atoms with Crippen LogP contribution < -0.4 is 0 Å². The lowest BCUT2D eigenvalue weighted by atomic mass is 10.2. The predicted molar refractivity (Wildman–Crippen MR) is 86.9 cm³/mol. The Morgan fingerprint density at radius 1 is 1.43 bits per heavy atom. The molecule has 1 heterocycles. The minimum Gasteiger partial charge on any atom is -0.466 e. The normalized spacial score (nSPS) is 14.1. The molecule has 1 aromatic rings. The molecular formula is C17H27N3O3. The highest BCUT2D eigenvalue weighted by atomic mass is 16.5. The molecule has 1 aliphatic carbocycles. The van der Waals surface area contributed by atoms with Crippen molar-refractivity contribution in [3.63, 3.8) is 0 Å². The smallest absolute Gasteiger partial charge is 0.307 e. The molecule has 23 heavy (non-hydrogen) atoms. The molecule has 1 aromatic heterocycles. The maximum atomic E-state index is 12.5. The van der Waals surface area contributed by atoms with Gasteiger partial charge in [0.2, 0.25) is 5.91 Å². The third-order valence-electron chi connectivity index (χ3n) is 3.94. The third kappa shape index (κ3) is 5.69. The van der Waals surface area contributed by atoms with Crippen molar-refractivity contribution >= 4 is 11.9 Å². The summed E-state index contributed by atoms with van der Waals surface area (Å²) in [6, 6.07) is 2.17. The number of esters is 1. The zero-order valence-electron chi connectivity index (χ0n) is 14.3. The quantitative estimate of drug-likeness (QED) is 0.654. The maximum absolute atomic E-state index is 12.5. The molecule has 1 fully saturated rings. The van der Waals surface area contributed by atoms with Gasteiger partial charge in [0, 0.05) is 25.3 Å². The summed E-state index contributed by atoms with van der Waals surface area (Å²) >= 11 is 0. The third-order valence-corrected chi connectivity index (χ3v) is 3.94. The molecule has 0 aliphatic heterocycles. The van der Waals surface area contributed by atoms with E-state index in [-0.39, 0.29) is 30.8 Å². The Morgan fingerprint density at radius 3 is 2.74 bits per heavy atom. The number of nitrogens with zero attached hydrogens (tertiary/aromatic N) is 3. The first-order valence-corrected chi connectivity index (χ1v) is 8.47. The van der Waals surface area contributed by atoms with Crippen molar-refractivity contribution in [2.45, 2.75) is 52.5 Å². The summed E-state index contributed by atoms with van der Waals surface area (Å²) in [4.78, 5) is 25.9. The summed E-state index contributed by atoms with van der Waals surface area (Å²) in [7, 11) is 0. The molecule has 0 N–H and O–H groups in total. The lowest BCUT2D eigenvalue weighted by Gasteiger charge is -2.22. The van der Waals surface area contributed by atoms with Crippen LogP contribution in [0.4, 0.5) is 0 Å². The maximum Gasteiger partial charge on any atom is 0.307 e. The van der Waals surface area contributed by atoms with Crippen molar-refractivity contribution in [3.8, 4) is 0 Å². The van der Waals surface area contributed by atoms with E-state index in [1.165, 1.54) is 12.8 Å². The minimum atomic E-state index is -0.245. The average Bonchev–Trinajstić information content (AvgIpc) is 3.19. The van der Waals surface area contributed by atoms with Gasteiger partial charge in [-0.15, -0.1) is 0 Å². The topological polar surface area (TPSA) is 64.4 Å². The van der Waals surface area contributed by atoms with E-state index in [1.54, 1.807) is 11.8 Å². The monoisotopic (exact) mass is 321 g/mol. The number of hydrogen-bond donors (Lipinski definition) is 0. The molecule has 0 unspecified atom stereocenters. The van der Waals surface area contributed by atoms with Gasteiger partial charge in [-0.25, -0.2) is 0 Å². The lowest BCUT2D eigenvalue weighted by molar-refractivity contribution is -0.144. The Balaban J connectivity index is 1.90. The van der Waals surface area contributed by atoms with E-state index in [0.29, 0.717) is 19.1 Å². The second-order valence-electron chi connectivity index (χ2n) is 6.40. The predicted octanol–water partition coefficient (Wildman–Crippen LogP) is 2.20. The summed E-state index contributed by atoms with van der Waals surface area (Å²) in [5.74, 6) is 0.384. The van der Waals surface area contributed by atoms with Gasteiger partial charge in [-0.05, 0) is 45.6 Å². The highest BCUT2D eigenvalue weighted by Gasteiger charge is 2.27. The van der Waals surface area contributed by atoms with Crippen molar-refractivity contribution in [3.05, 3.63) is 18.0 Å². The number of ether oxygens (including phenoxy) is 1. The first-order valence-electron chi connectivity index (χ1n) is 8.47. The van der Waals surface area contributed by atoms with Crippen LogP contribution in [0, 0.1) is 5.92 Å². The minimum absolute atomic E-state index is 0.0372. The van der Waals surface area contributed by atoms with E-state index in [9.17, 15) is 9.59 Å². The van der Waals surface area contributed by atoms with E-state index in [0.717, 1.165) is 12.2 Å². The number of carbonyl (C=O) groups excluding carboxylic acids is 2. The molecule has 6 heteroatoms. The Morgan fingerprint density at radius 2 is 2.17 bits per heavy atom. The second-order valence-corrected chi connectivity index (χ2v) is 6.40. The number of carbonyl (C=O) groups is 2. The molecule has 1 saturated carbocycles. The first kappa shape index (κ1) is 17.5. The summed E-state index contributed by atoms with van der Waals surface area (Å²) in [5, 5.41) is 4.43. The molecule has 6 nitrogen and oxygen atoms in total. The molecule has 0 radical (unpaired) electrons. The van der Waals surface area contributed by atoms with Gasteiger partial charge in [0.05, 0.1) is 25.1 Å². The molecule has 0 saturated heterocycles. The summed E-state index contributed by atoms with van der Waals surface area (Å²) in [6.45, 7) is 7.44. The summed E-state index contributed by atoms with van der Waals surface area (Å²) in [6.07, 6.45) is 4.79. The van der Waals surface area contributed by atoms with Crippen LogP contribution in [0.15, 0.2) is 12.3 Å². The van der Waals surface area contributed by atoms with Crippen LogP contribution in [0.1, 0.15) is 51.8 Å². The van der Waals surface area contributed by atoms with Crippen LogP contribution in [0.2, 0.25) is 0 Å². The van der Waals surface area contributed by atoms with Gasteiger partial charge in [-0.1, -0.05) is 0 Å². The molecule has 2 rings (SSSR count). The second kappa shape index (κ2) is 8.13. The van der Waals surface area contributed by atoms with E-state index >= 15 is 0 Å². The van der Waals surface area contributed by atoms with Crippen LogP contribution in [-0.4, -0.2) is 46.3 Å². The zero-order valence-corrected chi connectivity index (χ0v) is 14.3. The Hall–Kier alpha value is -1.85. The van der Waals surface area contributed by atoms with E-state index in [4.69, 9.17) is 4.74 Å².